The van der Waals surface area contributed by atoms with Crippen molar-refractivity contribution in [3.8, 4) is 0 Å². The molecule has 0 aromatic heterocycles. The molecule has 0 saturated carbocycles. The van der Waals surface area contributed by atoms with E-state index in [1.807, 2.05) is 32.9 Å². The minimum Gasteiger partial charge on any atom is -0.452 e. The first-order valence-corrected chi connectivity index (χ1v) is 8.27. The lowest BCUT2D eigenvalue weighted by Crippen LogP contribution is -2.49. The van der Waals surface area contributed by atoms with Gasteiger partial charge in [0.05, 0.1) is 12.2 Å². The number of benzene rings is 1. The highest BCUT2D eigenvalue weighted by atomic mass is 35.5. The van der Waals surface area contributed by atoms with Crippen LogP contribution in [0.1, 0.15) is 25.0 Å². The summed E-state index contributed by atoms with van der Waals surface area (Å²) in [5, 5.41) is 0.635. The summed E-state index contributed by atoms with van der Waals surface area (Å²) in [6.45, 7) is 6.49. The van der Waals surface area contributed by atoms with Crippen molar-refractivity contribution in [2.45, 2.75) is 33.0 Å². The van der Waals surface area contributed by atoms with Crippen LogP contribution in [-0.4, -0.2) is 48.7 Å². The number of carbonyl (C=O) groups excluding carboxylic acids is 2. The molecule has 5 nitrogen and oxygen atoms in total. The maximum absolute atomic E-state index is 12.1. The van der Waals surface area contributed by atoms with Gasteiger partial charge in [-0.1, -0.05) is 23.7 Å². The molecule has 6 heteroatoms. The molecular formula is C18H22ClNO4. The quantitative estimate of drug-likeness (QED) is 0.618. The van der Waals surface area contributed by atoms with Crippen molar-refractivity contribution < 1.29 is 19.1 Å². The Bertz CT molecular complexity index is 634. The highest BCUT2D eigenvalue weighted by Gasteiger charge is 2.26. The van der Waals surface area contributed by atoms with Gasteiger partial charge in [-0.2, -0.15) is 0 Å². The molecule has 1 heterocycles. The van der Waals surface area contributed by atoms with Crippen molar-refractivity contribution in [1.29, 1.82) is 0 Å². The summed E-state index contributed by atoms with van der Waals surface area (Å²) in [4.78, 5) is 25.5. The van der Waals surface area contributed by atoms with Gasteiger partial charge in [-0.25, -0.2) is 4.79 Å². The van der Waals surface area contributed by atoms with Gasteiger partial charge in [-0.3, -0.25) is 4.79 Å². The van der Waals surface area contributed by atoms with E-state index in [-0.39, 0.29) is 24.7 Å². The van der Waals surface area contributed by atoms with Gasteiger partial charge in [-0.05, 0) is 44.0 Å². The van der Waals surface area contributed by atoms with E-state index < -0.39 is 5.97 Å². The van der Waals surface area contributed by atoms with Crippen LogP contribution >= 0.6 is 11.6 Å². The zero-order valence-electron chi connectivity index (χ0n) is 14.1. The molecule has 0 unspecified atom stereocenters. The second kappa shape index (κ2) is 8.31. The Hall–Kier alpha value is -1.85. The van der Waals surface area contributed by atoms with E-state index in [2.05, 4.69) is 0 Å². The molecule has 1 aromatic rings. The van der Waals surface area contributed by atoms with Gasteiger partial charge in [0, 0.05) is 24.2 Å². The van der Waals surface area contributed by atoms with Crippen molar-refractivity contribution in [2.75, 3.05) is 19.7 Å². The molecule has 2 rings (SSSR count). The maximum Gasteiger partial charge on any atom is 0.331 e. The molecule has 130 valence electrons. The van der Waals surface area contributed by atoms with Crippen LogP contribution in [0.5, 0.6) is 0 Å². The Morgan fingerprint density at radius 2 is 2.00 bits per heavy atom. The third-order valence-corrected chi connectivity index (χ3v) is 4.13. The molecule has 1 saturated heterocycles. The molecular weight excluding hydrogens is 330 g/mol. The average Bonchev–Trinajstić information content (AvgIpc) is 2.52. The number of morpholine rings is 1. The number of amides is 1. The summed E-state index contributed by atoms with van der Waals surface area (Å²) in [6.07, 6.45) is 2.87. The Morgan fingerprint density at radius 3 is 2.62 bits per heavy atom. The van der Waals surface area contributed by atoms with Crippen LogP contribution in [-0.2, 0) is 19.1 Å². The second-order valence-corrected chi connectivity index (χ2v) is 6.41. The van der Waals surface area contributed by atoms with E-state index in [9.17, 15) is 9.59 Å². The summed E-state index contributed by atoms with van der Waals surface area (Å²) in [5.41, 5.74) is 1.76. The molecule has 1 fully saturated rings. The summed E-state index contributed by atoms with van der Waals surface area (Å²) >= 11 is 6.03. The number of nitrogens with zero attached hydrogens (tertiary/aromatic N) is 1. The number of carbonyl (C=O) groups is 2. The lowest BCUT2D eigenvalue weighted by atomic mass is 10.1. The van der Waals surface area contributed by atoms with Crippen LogP contribution in [0.4, 0.5) is 0 Å². The number of hydrogen-bond donors (Lipinski definition) is 0. The molecule has 0 radical (unpaired) electrons. The number of rotatable bonds is 4. The fourth-order valence-corrected chi connectivity index (χ4v) is 2.72. The minimum absolute atomic E-state index is 0.0143. The first-order valence-electron chi connectivity index (χ1n) is 7.89. The number of ether oxygens (including phenoxy) is 2. The Balaban J connectivity index is 1.83. The van der Waals surface area contributed by atoms with Crippen molar-refractivity contribution >= 4 is 29.6 Å². The topological polar surface area (TPSA) is 55.8 Å². The normalized spacial score (nSPS) is 21.1. The minimum atomic E-state index is -0.561. The van der Waals surface area contributed by atoms with Gasteiger partial charge in [0.1, 0.15) is 0 Å². The van der Waals surface area contributed by atoms with Gasteiger partial charge in [-0.15, -0.1) is 0 Å². The molecule has 1 aromatic carbocycles. The first kappa shape index (κ1) is 18.5. The first-order chi connectivity index (χ1) is 11.3. The van der Waals surface area contributed by atoms with Gasteiger partial charge >= 0.3 is 5.97 Å². The molecule has 1 aliphatic heterocycles. The van der Waals surface area contributed by atoms with E-state index >= 15 is 0 Å². The fraction of sp³-hybridized carbons (Fsp3) is 0.444. The predicted molar refractivity (Wildman–Crippen MR) is 92.8 cm³/mol. The zero-order valence-corrected chi connectivity index (χ0v) is 14.9. The monoisotopic (exact) mass is 351 g/mol. The number of esters is 1. The molecule has 24 heavy (non-hydrogen) atoms. The molecule has 0 spiro atoms. The SMILES string of the molecule is Cc1ccc(/C=C/C(=O)OCC(=O)N2C[C@@H](C)O[C@H](C)C2)cc1Cl. The largest absolute Gasteiger partial charge is 0.452 e. The molecule has 0 N–H and O–H groups in total. The van der Waals surface area contributed by atoms with E-state index in [1.165, 1.54) is 6.08 Å². The highest BCUT2D eigenvalue weighted by Crippen LogP contribution is 2.17. The summed E-state index contributed by atoms with van der Waals surface area (Å²) < 4.78 is 10.6. The Morgan fingerprint density at radius 1 is 1.33 bits per heavy atom. The van der Waals surface area contributed by atoms with E-state index in [4.69, 9.17) is 21.1 Å². The molecule has 0 bridgehead atoms. The fourth-order valence-electron chi connectivity index (χ4n) is 2.53. The summed E-state index contributed by atoms with van der Waals surface area (Å²) in [5.74, 6) is -0.772. The van der Waals surface area contributed by atoms with Crippen LogP contribution in [0.2, 0.25) is 5.02 Å². The zero-order chi connectivity index (χ0) is 17.7. The van der Waals surface area contributed by atoms with Crippen molar-refractivity contribution in [3.05, 3.63) is 40.4 Å². The van der Waals surface area contributed by atoms with Crippen molar-refractivity contribution in [1.82, 2.24) is 4.90 Å². The molecule has 0 aliphatic carbocycles. The predicted octanol–water partition coefficient (Wildman–Crippen LogP) is 2.84. The number of aryl methyl sites for hydroxylation is 1. The Kier molecular flexibility index (Phi) is 6.40. The van der Waals surface area contributed by atoms with Crippen LogP contribution in [0, 0.1) is 6.92 Å². The van der Waals surface area contributed by atoms with Gasteiger partial charge in [0.15, 0.2) is 6.61 Å². The summed E-state index contributed by atoms with van der Waals surface area (Å²) in [7, 11) is 0. The maximum atomic E-state index is 12.1. The van der Waals surface area contributed by atoms with E-state index in [0.29, 0.717) is 18.1 Å². The molecule has 2 atom stereocenters. The van der Waals surface area contributed by atoms with Crippen LogP contribution < -0.4 is 0 Å². The second-order valence-electron chi connectivity index (χ2n) is 6.01. The van der Waals surface area contributed by atoms with Crippen LogP contribution in [0.25, 0.3) is 6.08 Å². The Labute approximate surface area is 147 Å². The van der Waals surface area contributed by atoms with Crippen molar-refractivity contribution in [2.24, 2.45) is 0 Å². The third-order valence-electron chi connectivity index (χ3n) is 3.72. The van der Waals surface area contributed by atoms with E-state index in [1.54, 1.807) is 17.0 Å². The van der Waals surface area contributed by atoms with Crippen molar-refractivity contribution in [3.63, 3.8) is 0 Å². The van der Waals surface area contributed by atoms with E-state index in [0.717, 1.165) is 11.1 Å². The average molecular weight is 352 g/mol. The standard InChI is InChI=1S/C18H22ClNO4/c1-12-4-5-15(8-16(12)19)6-7-18(22)23-11-17(21)20-9-13(2)24-14(3)10-20/h4-8,13-14H,9-11H2,1-3H3/b7-6+/t13-,14-/m1/s1. The van der Waals surface area contributed by atoms with Gasteiger partial charge < -0.3 is 14.4 Å². The van der Waals surface area contributed by atoms with Gasteiger partial charge in [0.25, 0.3) is 5.91 Å². The smallest absolute Gasteiger partial charge is 0.331 e. The lowest BCUT2D eigenvalue weighted by molar-refractivity contribution is -0.154. The number of hydrogen-bond acceptors (Lipinski definition) is 4. The summed E-state index contributed by atoms with van der Waals surface area (Å²) in [6, 6.07) is 5.49. The molecule has 1 aliphatic rings. The lowest BCUT2D eigenvalue weighted by Gasteiger charge is -2.35. The third kappa shape index (κ3) is 5.35. The van der Waals surface area contributed by atoms with Gasteiger partial charge in [0.2, 0.25) is 0 Å². The highest BCUT2D eigenvalue weighted by molar-refractivity contribution is 6.31. The van der Waals surface area contributed by atoms with Crippen LogP contribution in [0.15, 0.2) is 24.3 Å². The number of halogens is 1. The van der Waals surface area contributed by atoms with Crippen LogP contribution in [0.3, 0.4) is 0 Å². The molecule has 1 amide bonds.